The number of aromatic carboxylic acids is 1. The maximum Gasteiger partial charge on any atom is 0.356 e. The highest BCUT2D eigenvalue weighted by atomic mass is 16.4. The number of rotatable bonds is 1. The molecule has 0 fully saturated rings. The monoisotopic (exact) mass is 209 g/mol. The van der Waals surface area contributed by atoms with Crippen LogP contribution in [0.25, 0.3) is 0 Å². The molecule has 0 saturated heterocycles. The number of aryl methyl sites for hydroxylation is 1. The molecule has 0 radical (unpaired) electrons. The van der Waals surface area contributed by atoms with Gasteiger partial charge in [0.15, 0.2) is 5.69 Å². The summed E-state index contributed by atoms with van der Waals surface area (Å²) in [7, 11) is 3.87. The van der Waals surface area contributed by atoms with Gasteiger partial charge in [0.05, 0.1) is 0 Å². The molecule has 0 aromatic carbocycles. The quantitative estimate of drug-likeness (QED) is 0.715. The molecular weight excluding hydrogens is 194 g/mol. The van der Waals surface area contributed by atoms with Gasteiger partial charge < -0.3 is 10.0 Å². The second kappa shape index (κ2) is 3.66. The highest BCUT2D eigenvalue weighted by Gasteiger charge is 2.23. The minimum atomic E-state index is -0.920. The molecule has 2 rings (SSSR count). The van der Waals surface area contributed by atoms with E-state index in [1.165, 1.54) is 0 Å². The molecule has 1 aromatic rings. The van der Waals surface area contributed by atoms with Crippen molar-refractivity contribution in [2.75, 3.05) is 20.1 Å². The van der Waals surface area contributed by atoms with E-state index in [9.17, 15) is 4.79 Å². The lowest BCUT2D eigenvalue weighted by atomic mass is 10.1. The Balaban J connectivity index is 2.43. The van der Waals surface area contributed by atoms with Crippen LogP contribution in [0.15, 0.2) is 0 Å². The first kappa shape index (κ1) is 10.2. The first-order chi connectivity index (χ1) is 7.09. The van der Waals surface area contributed by atoms with E-state index in [1.807, 2.05) is 7.05 Å². The van der Waals surface area contributed by atoms with Crippen LogP contribution in [0.1, 0.15) is 21.7 Å². The zero-order chi connectivity index (χ0) is 11.0. The molecule has 82 valence electrons. The van der Waals surface area contributed by atoms with E-state index in [1.54, 1.807) is 4.68 Å². The van der Waals surface area contributed by atoms with Gasteiger partial charge in [-0.15, -0.1) is 0 Å². The summed E-state index contributed by atoms with van der Waals surface area (Å²) in [6.45, 7) is 1.87. The number of nitrogens with zero attached hydrogens (tertiary/aromatic N) is 3. The minimum absolute atomic E-state index is 0.225. The van der Waals surface area contributed by atoms with Crippen LogP contribution in [0.2, 0.25) is 0 Å². The van der Waals surface area contributed by atoms with Gasteiger partial charge in [-0.25, -0.2) is 4.79 Å². The Morgan fingerprint density at radius 2 is 2.00 bits per heavy atom. The zero-order valence-corrected chi connectivity index (χ0v) is 9.03. The van der Waals surface area contributed by atoms with Gasteiger partial charge in [-0.1, -0.05) is 0 Å². The molecule has 0 saturated carbocycles. The molecule has 1 aliphatic rings. The molecule has 5 nitrogen and oxygen atoms in total. The number of carboxylic acid groups (broad SMARTS) is 1. The number of hydrogen-bond donors (Lipinski definition) is 1. The van der Waals surface area contributed by atoms with Crippen molar-refractivity contribution in [3.05, 3.63) is 17.0 Å². The molecule has 0 spiro atoms. The highest BCUT2D eigenvalue weighted by molar-refractivity contribution is 5.87. The van der Waals surface area contributed by atoms with Gasteiger partial charge >= 0.3 is 5.97 Å². The Kier molecular flexibility index (Phi) is 2.48. The Morgan fingerprint density at radius 1 is 1.33 bits per heavy atom. The molecule has 1 N–H and O–H groups in total. The van der Waals surface area contributed by atoms with Crippen LogP contribution in [0.3, 0.4) is 0 Å². The Bertz CT molecular complexity index is 398. The minimum Gasteiger partial charge on any atom is -0.476 e. The van der Waals surface area contributed by atoms with Gasteiger partial charge in [0.2, 0.25) is 0 Å². The molecule has 0 atom stereocenters. The van der Waals surface area contributed by atoms with Crippen LogP contribution in [0, 0.1) is 0 Å². The predicted octanol–water partition coefficient (Wildman–Crippen LogP) is 0.149. The summed E-state index contributed by atoms with van der Waals surface area (Å²) in [5, 5.41) is 13.1. The second-order valence-electron chi connectivity index (χ2n) is 4.01. The van der Waals surface area contributed by atoms with Crippen molar-refractivity contribution in [1.82, 2.24) is 14.7 Å². The molecule has 0 amide bonds. The number of aromatic nitrogens is 2. The van der Waals surface area contributed by atoms with E-state index in [0.717, 1.165) is 37.2 Å². The second-order valence-corrected chi connectivity index (χ2v) is 4.01. The number of carboxylic acids is 1. The predicted molar refractivity (Wildman–Crippen MR) is 55.1 cm³/mol. The first-order valence-corrected chi connectivity index (χ1v) is 5.06. The van der Waals surface area contributed by atoms with E-state index in [0.29, 0.717) is 0 Å². The van der Waals surface area contributed by atoms with Gasteiger partial charge in [0.1, 0.15) is 0 Å². The fourth-order valence-corrected chi connectivity index (χ4v) is 2.06. The molecule has 5 heteroatoms. The molecule has 2 heterocycles. The maximum atomic E-state index is 11.0. The van der Waals surface area contributed by atoms with Gasteiger partial charge in [0, 0.05) is 37.8 Å². The largest absolute Gasteiger partial charge is 0.476 e. The number of likely N-dealkylation sites (N-methyl/N-ethyl adjacent to an activating group) is 1. The van der Waals surface area contributed by atoms with Crippen LogP contribution in [-0.2, 0) is 19.9 Å². The topological polar surface area (TPSA) is 58.4 Å². The lowest BCUT2D eigenvalue weighted by Crippen LogP contribution is -2.21. The molecule has 1 aliphatic heterocycles. The van der Waals surface area contributed by atoms with Crippen molar-refractivity contribution in [3.8, 4) is 0 Å². The van der Waals surface area contributed by atoms with Crippen LogP contribution in [-0.4, -0.2) is 45.9 Å². The van der Waals surface area contributed by atoms with E-state index < -0.39 is 5.97 Å². The molecule has 0 aliphatic carbocycles. The van der Waals surface area contributed by atoms with Crippen molar-refractivity contribution in [3.63, 3.8) is 0 Å². The summed E-state index contributed by atoms with van der Waals surface area (Å²) >= 11 is 0. The molecule has 0 unspecified atom stereocenters. The SMILES string of the molecule is CN1CCc2c(C(=O)O)nn(C)c2CC1. The Hall–Kier alpha value is -1.36. The standard InChI is InChI=1S/C10H15N3O2/c1-12-5-3-7-8(4-6-12)13(2)11-9(7)10(14)15/h3-6H2,1-2H3,(H,14,15). The Labute approximate surface area is 88.3 Å². The lowest BCUT2D eigenvalue weighted by Gasteiger charge is -2.11. The summed E-state index contributed by atoms with van der Waals surface area (Å²) in [5.41, 5.74) is 2.20. The molecule has 0 bridgehead atoms. The van der Waals surface area contributed by atoms with Gasteiger partial charge in [-0.2, -0.15) is 5.10 Å². The summed E-state index contributed by atoms with van der Waals surface area (Å²) in [6.07, 6.45) is 1.66. The first-order valence-electron chi connectivity index (χ1n) is 5.06. The third-order valence-corrected chi connectivity index (χ3v) is 2.95. The van der Waals surface area contributed by atoms with Crippen molar-refractivity contribution in [1.29, 1.82) is 0 Å². The molecule has 15 heavy (non-hydrogen) atoms. The third-order valence-electron chi connectivity index (χ3n) is 2.95. The number of hydrogen-bond acceptors (Lipinski definition) is 3. The fraction of sp³-hybridized carbons (Fsp3) is 0.600. The summed E-state index contributed by atoms with van der Waals surface area (Å²) in [4.78, 5) is 13.2. The van der Waals surface area contributed by atoms with E-state index >= 15 is 0 Å². The summed E-state index contributed by atoms with van der Waals surface area (Å²) in [6, 6.07) is 0. The van der Waals surface area contributed by atoms with Gasteiger partial charge in [-0.05, 0) is 13.5 Å². The van der Waals surface area contributed by atoms with Crippen molar-refractivity contribution in [2.24, 2.45) is 7.05 Å². The van der Waals surface area contributed by atoms with Crippen molar-refractivity contribution < 1.29 is 9.90 Å². The Morgan fingerprint density at radius 3 is 2.67 bits per heavy atom. The average Bonchev–Trinajstić information content (AvgIpc) is 2.35. The van der Waals surface area contributed by atoms with Gasteiger partial charge in [0.25, 0.3) is 0 Å². The van der Waals surface area contributed by atoms with E-state index in [-0.39, 0.29) is 5.69 Å². The highest BCUT2D eigenvalue weighted by Crippen LogP contribution is 2.18. The number of carbonyl (C=O) groups is 1. The number of fused-ring (bicyclic) bond motifs is 1. The summed E-state index contributed by atoms with van der Waals surface area (Å²) < 4.78 is 1.71. The van der Waals surface area contributed by atoms with Gasteiger partial charge in [-0.3, -0.25) is 4.68 Å². The van der Waals surface area contributed by atoms with Crippen LogP contribution < -0.4 is 0 Å². The fourth-order valence-electron chi connectivity index (χ4n) is 2.06. The average molecular weight is 209 g/mol. The lowest BCUT2D eigenvalue weighted by molar-refractivity contribution is 0.0688. The summed E-state index contributed by atoms with van der Waals surface area (Å²) in [5.74, 6) is -0.920. The van der Waals surface area contributed by atoms with Crippen molar-refractivity contribution in [2.45, 2.75) is 12.8 Å². The van der Waals surface area contributed by atoms with Crippen LogP contribution in [0.5, 0.6) is 0 Å². The van der Waals surface area contributed by atoms with Crippen LogP contribution in [0.4, 0.5) is 0 Å². The van der Waals surface area contributed by atoms with E-state index in [2.05, 4.69) is 17.0 Å². The maximum absolute atomic E-state index is 11.0. The van der Waals surface area contributed by atoms with E-state index in [4.69, 9.17) is 5.11 Å². The third kappa shape index (κ3) is 1.74. The molecular formula is C10H15N3O2. The zero-order valence-electron chi connectivity index (χ0n) is 9.03. The smallest absolute Gasteiger partial charge is 0.356 e. The normalized spacial score (nSPS) is 17.2. The molecule has 1 aromatic heterocycles. The van der Waals surface area contributed by atoms with Crippen molar-refractivity contribution >= 4 is 5.97 Å². The van der Waals surface area contributed by atoms with Crippen LogP contribution >= 0.6 is 0 Å².